The van der Waals surface area contributed by atoms with E-state index in [2.05, 4.69) is 4.98 Å². The van der Waals surface area contributed by atoms with Crippen LogP contribution in [0.5, 0.6) is 0 Å². The van der Waals surface area contributed by atoms with Gasteiger partial charge in [-0.3, -0.25) is 4.79 Å². The number of hydrogen-bond donors (Lipinski definition) is 1. The Morgan fingerprint density at radius 3 is 2.52 bits per heavy atom. The van der Waals surface area contributed by atoms with Crippen LogP contribution in [0.1, 0.15) is 24.0 Å². The second-order valence-electron chi connectivity index (χ2n) is 6.22. The van der Waals surface area contributed by atoms with E-state index < -0.39 is 23.1 Å². The molecule has 1 aromatic carbocycles. The second kappa shape index (κ2) is 6.67. The third kappa shape index (κ3) is 3.63. The Labute approximate surface area is 146 Å². The molecular formula is C17H17F3N2O2S. The molecule has 0 bridgehead atoms. The highest BCUT2D eigenvalue weighted by Gasteiger charge is 2.44. The van der Waals surface area contributed by atoms with E-state index in [9.17, 15) is 23.1 Å². The van der Waals surface area contributed by atoms with E-state index in [0.717, 1.165) is 11.2 Å². The van der Waals surface area contributed by atoms with E-state index in [1.54, 1.807) is 6.20 Å². The van der Waals surface area contributed by atoms with Gasteiger partial charge in [-0.05, 0) is 30.9 Å². The van der Waals surface area contributed by atoms with E-state index in [-0.39, 0.29) is 24.8 Å². The Hall–Kier alpha value is -2.09. The molecule has 0 unspecified atom stereocenters. The van der Waals surface area contributed by atoms with E-state index in [1.165, 1.54) is 29.5 Å². The van der Waals surface area contributed by atoms with Gasteiger partial charge >= 0.3 is 12.1 Å². The lowest BCUT2D eigenvalue weighted by atomic mass is 9.73. The maximum absolute atomic E-state index is 13.2. The first-order chi connectivity index (χ1) is 11.8. The van der Waals surface area contributed by atoms with E-state index in [0.29, 0.717) is 13.1 Å². The average Bonchev–Trinajstić information content (AvgIpc) is 3.09. The highest BCUT2D eigenvalue weighted by Crippen LogP contribution is 2.40. The molecule has 1 fully saturated rings. The van der Waals surface area contributed by atoms with Gasteiger partial charge in [0.1, 0.15) is 0 Å². The molecule has 1 aliphatic heterocycles. The fourth-order valence-corrected chi connectivity index (χ4v) is 3.98. The fraction of sp³-hybridized carbons (Fsp3) is 0.412. The van der Waals surface area contributed by atoms with Crippen molar-refractivity contribution >= 4 is 22.4 Å². The smallest absolute Gasteiger partial charge is 0.416 e. The third-order valence-electron chi connectivity index (χ3n) is 4.72. The van der Waals surface area contributed by atoms with Crippen molar-refractivity contribution in [2.45, 2.75) is 25.4 Å². The van der Waals surface area contributed by atoms with Crippen molar-refractivity contribution in [2.75, 3.05) is 18.0 Å². The minimum absolute atomic E-state index is 0.0418. The highest BCUT2D eigenvalue weighted by atomic mass is 32.1. The Bertz CT molecular complexity index is 739. The van der Waals surface area contributed by atoms with Gasteiger partial charge in [0.05, 0.1) is 11.0 Å². The maximum atomic E-state index is 13.2. The standard InChI is InChI=1S/C17H17F3N2O2S/c18-17(19,20)13-4-2-1-3-12(13)11-16(14(23)24)5-8-22(9-6-16)15-21-7-10-25-15/h1-4,7,10H,5-6,8-9,11H2,(H,23,24). The summed E-state index contributed by atoms with van der Waals surface area (Å²) in [4.78, 5) is 18.1. The molecule has 0 saturated carbocycles. The van der Waals surface area contributed by atoms with Gasteiger partial charge in [0.2, 0.25) is 0 Å². The summed E-state index contributed by atoms with van der Waals surface area (Å²) in [7, 11) is 0. The van der Waals surface area contributed by atoms with Crippen LogP contribution in [0.25, 0.3) is 0 Å². The molecule has 1 aliphatic rings. The minimum Gasteiger partial charge on any atom is -0.481 e. The average molecular weight is 370 g/mol. The first-order valence-corrected chi connectivity index (χ1v) is 8.73. The number of thiazole rings is 1. The molecule has 3 rings (SSSR count). The van der Waals surface area contributed by atoms with Crippen molar-refractivity contribution in [1.29, 1.82) is 0 Å². The van der Waals surface area contributed by atoms with Gasteiger partial charge in [-0.2, -0.15) is 13.2 Å². The summed E-state index contributed by atoms with van der Waals surface area (Å²) in [5.74, 6) is -1.04. The molecule has 1 aromatic heterocycles. The summed E-state index contributed by atoms with van der Waals surface area (Å²) >= 11 is 1.47. The summed E-state index contributed by atoms with van der Waals surface area (Å²) < 4.78 is 39.6. The van der Waals surface area contributed by atoms with Crippen LogP contribution in [0.4, 0.5) is 18.3 Å². The number of halogens is 3. The zero-order chi connectivity index (χ0) is 18.1. The summed E-state index contributed by atoms with van der Waals surface area (Å²) in [6.07, 6.45) is -2.36. The summed E-state index contributed by atoms with van der Waals surface area (Å²) in [5.41, 5.74) is -1.90. The van der Waals surface area contributed by atoms with E-state index in [4.69, 9.17) is 0 Å². The van der Waals surface area contributed by atoms with Crippen molar-refractivity contribution in [3.63, 3.8) is 0 Å². The van der Waals surface area contributed by atoms with E-state index >= 15 is 0 Å². The monoisotopic (exact) mass is 370 g/mol. The lowest BCUT2D eigenvalue weighted by Gasteiger charge is -2.39. The molecule has 0 spiro atoms. The molecule has 25 heavy (non-hydrogen) atoms. The molecule has 1 saturated heterocycles. The number of carbonyl (C=O) groups is 1. The number of rotatable bonds is 4. The van der Waals surface area contributed by atoms with Crippen LogP contribution in [-0.2, 0) is 17.4 Å². The lowest BCUT2D eigenvalue weighted by Crippen LogP contribution is -2.46. The van der Waals surface area contributed by atoms with Crippen molar-refractivity contribution in [3.8, 4) is 0 Å². The molecule has 0 atom stereocenters. The third-order valence-corrected chi connectivity index (χ3v) is 5.55. The number of carboxylic acid groups (broad SMARTS) is 1. The number of alkyl halides is 3. The lowest BCUT2D eigenvalue weighted by molar-refractivity contribution is -0.151. The summed E-state index contributed by atoms with van der Waals surface area (Å²) in [6, 6.07) is 5.23. The van der Waals surface area contributed by atoms with Crippen LogP contribution in [0, 0.1) is 5.41 Å². The number of carboxylic acids is 1. The molecule has 2 heterocycles. The van der Waals surface area contributed by atoms with Gasteiger partial charge in [-0.15, -0.1) is 11.3 Å². The molecule has 4 nitrogen and oxygen atoms in total. The molecule has 0 aliphatic carbocycles. The van der Waals surface area contributed by atoms with Crippen LogP contribution in [-0.4, -0.2) is 29.1 Å². The Morgan fingerprint density at radius 1 is 1.28 bits per heavy atom. The molecule has 2 aromatic rings. The topological polar surface area (TPSA) is 53.4 Å². The minimum atomic E-state index is -4.49. The molecular weight excluding hydrogens is 353 g/mol. The number of anilines is 1. The molecule has 0 amide bonds. The van der Waals surface area contributed by atoms with Crippen LogP contribution in [0.15, 0.2) is 35.8 Å². The highest BCUT2D eigenvalue weighted by molar-refractivity contribution is 7.13. The number of aromatic nitrogens is 1. The second-order valence-corrected chi connectivity index (χ2v) is 7.09. The quantitative estimate of drug-likeness (QED) is 0.881. The van der Waals surface area contributed by atoms with Crippen LogP contribution < -0.4 is 4.90 Å². The Morgan fingerprint density at radius 2 is 1.96 bits per heavy atom. The summed E-state index contributed by atoms with van der Waals surface area (Å²) in [6.45, 7) is 0.933. The van der Waals surface area contributed by atoms with Gasteiger partial charge in [0.15, 0.2) is 5.13 Å². The van der Waals surface area contributed by atoms with Gasteiger partial charge in [-0.1, -0.05) is 18.2 Å². The SMILES string of the molecule is O=C(O)C1(Cc2ccccc2C(F)(F)F)CCN(c2nccs2)CC1. The van der Waals surface area contributed by atoms with Crippen LogP contribution >= 0.6 is 11.3 Å². The maximum Gasteiger partial charge on any atom is 0.416 e. The molecule has 1 N–H and O–H groups in total. The van der Waals surface area contributed by atoms with Crippen molar-refractivity contribution in [1.82, 2.24) is 4.98 Å². The fourth-order valence-electron chi connectivity index (χ4n) is 3.28. The van der Waals surface area contributed by atoms with Gasteiger partial charge in [0.25, 0.3) is 0 Å². The zero-order valence-electron chi connectivity index (χ0n) is 13.3. The normalized spacial score (nSPS) is 17.5. The van der Waals surface area contributed by atoms with Crippen molar-refractivity contribution in [3.05, 3.63) is 47.0 Å². The predicted octanol–water partition coefficient (Wildman–Crippen LogP) is 4.08. The zero-order valence-corrected chi connectivity index (χ0v) is 14.1. The van der Waals surface area contributed by atoms with Crippen LogP contribution in [0.3, 0.4) is 0 Å². The van der Waals surface area contributed by atoms with Gasteiger partial charge in [-0.25, -0.2) is 4.98 Å². The summed E-state index contributed by atoms with van der Waals surface area (Å²) in [5, 5.41) is 12.4. The largest absolute Gasteiger partial charge is 0.481 e. The Kier molecular flexibility index (Phi) is 4.73. The molecule has 8 heteroatoms. The number of nitrogens with zero attached hydrogens (tertiary/aromatic N) is 2. The number of piperidine rings is 1. The van der Waals surface area contributed by atoms with Crippen LogP contribution in [0.2, 0.25) is 0 Å². The predicted molar refractivity (Wildman–Crippen MR) is 88.8 cm³/mol. The van der Waals surface area contributed by atoms with Crippen molar-refractivity contribution < 1.29 is 23.1 Å². The van der Waals surface area contributed by atoms with Gasteiger partial charge in [0, 0.05) is 24.7 Å². The Balaban J connectivity index is 1.83. The molecule has 134 valence electrons. The number of benzene rings is 1. The van der Waals surface area contributed by atoms with E-state index in [1.807, 2.05) is 10.3 Å². The van der Waals surface area contributed by atoms with Gasteiger partial charge < -0.3 is 10.0 Å². The first-order valence-electron chi connectivity index (χ1n) is 7.85. The molecule has 0 radical (unpaired) electrons. The number of hydrogen-bond acceptors (Lipinski definition) is 4. The first kappa shape index (κ1) is 17.7. The van der Waals surface area contributed by atoms with Crippen molar-refractivity contribution in [2.24, 2.45) is 5.41 Å². The number of aliphatic carboxylic acids is 1.